The minimum Gasteiger partial charge on any atom is -0.439 e. The molecule has 0 amide bonds. The highest BCUT2D eigenvalue weighted by Gasteiger charge is 2.42. The predicted molar refractivity (Wildman–Crippen MR) is 105 cm³/mol. The number of rotatable bonds is 6. The second-order valence-corrected chi connectivity index (χ2v) is 7.77. The molecule has 3 nitrogen and oxygen atoms in total. The van der Waals surface area contributed by atoms with Crippen LogP contribution in [-0.2, 0) is 5.41 Å². The van der Waals surface area contributed by atoms with E-state index in [1.807, 2.05) is 12.1 Å². The summed E-state index contributed by atoms with van der Waals surface area (Å²) >= 11 is 0. The molecule has 3 atom stereocenters. The van der Waals surface area contributed by atoms with Gasteiger partial charge in [-0.1, -0.05) is 45.7 Å². The van der Waals surface area contributed by atoms with Crippen LogP contribution in [0.4, 0.5) is 0 Å². The van der Waals surface area contributed by atoms with Crippen molar-refractivity contribution in [1.29, 1.82) is 0 Å². The van der Waals surface area contributed by atoms with Gasteiger partial charge in [0.05, 0.1) is 0 Å². The summed E-state index contributed by atoms with van der Waals surface area (Å²) in [6.07, 6.45) is 8.84. The molecule has 1 aromatic heterocycles. The summed E-state index contributed by atoms with van der Waals surface area (Å²) in [6.45, 7) is 7.15. The van der Waals surface area contributed by atoms with E-state index in [9.17, 15) is 4.79 Å². The number of aromatic nitrogens is 1. The van der Waals surface area contributed by atoms with Gasteiger partial charge in [0.2, 0.25) is 5.88 Å². The second-order valence-electron chi connectivity index (χ2n) is 7.77. The summed E-state index contributed by atoms with van der Waals surface area (Å²) in [4.78, 5) is 14.9. The van der Waals surface area contributed by atoms with Gasteiger partial charge in [0.15, 0.2) is 6.29 Å². The maximum atomic E-state index is 10.7. The number of benzene rings is 1. The predicted octanol–water partition coefficient (Wildman–Crippen LogP) is 6.18. The van der Waals surface area contributed by atoms with Gasteiger partial charge in [-0.25, -0.2) is 4.98 Å². The zero-order valence-corrected chi connectivity index (χ0v) is 16.1. The molecule has 3 rings (SSSR count). The highest BCUT2D eigenvalue weighted by molar-refractivity contribution is 5.74. The quantitative estimate of drug-likeness (QED) is 0.583. The minimum absolute atomic E-state index is 0.233. The molecule has 0 radical (unpaired) electrons. The lowest BCUT2D eigenvalue weighted by atomic mass is 9.57. The van der Waals surface area contributed by atoms with Gasteiger partial charge < -0.3 is 4.74 Å². The van der Waals surface area contributed by atoms with Crippen LogP contribution < -0.4 is 4.74 Å². The van der Waals surface area contributed by atoms with Crippen molar-refractivity contribution >= 4 is 6.29 Å². The molecule has 1 aliphatic carbocycles. The first-order chi connectivity index (χ1) is 12.6. The third-order valence-electron chi connectivity index (χ3n) is 6.29. The summed E-state index contributed by atoms with van der Waals surface area (Å²) < 4.78 is 5.83. The highest BCUT2D eigenvalue weighted by Crippen LogP contribution is 2.49. The molecule has 1 heterocycles. The van der Waals surface area contributed by atoms with Gasteiger partial charge in [0.25, 0.3) is 0 Å². The number of carbonyl (C=O) groups is 1. The van der Waals surface area contributed by atoms with Crippen molar-refractivity contribution in [1.82, 2.24) is 4.98 Å². The van der Waals surface area contributed by atoms with E-state index in [4.69, 9.17) is 4.74 Å². The lowest BCUT2D eigenvalue weighted by Crippen LogP contribution is -2.41. The summed E-state index contributed by atoms with van der Waals surface area (Å²) in [7, 11) is 0. The Morgan fingerprint density at radius 2 is 1.96 bits per heavy atom. The molecule has 1 saturated carbocycles. The Morgan fingerprint density at radius 3 is 2.58 bits per heavy atom. The van der Waals surface area contributed by atoms with Crippen molar-refractivity contribution in [2.75, 3.05) is 0 Å². The van der Waals surface area contributed by atoms with E-state index in [1.165, 1.54) is 43.9 Å². The average Bonchev–Trinajstić information content (AvgIpc) is 2.67. The lowest BCUT2D eigenvalue weighted by Gasteiger charge is -2.47. The summed E-state index contributed by atoms with van der Waals surface area (Å²) in [5.74, 6) is 2.72. The van der Waals surface area contributed by atoms with E-state index in [-0.39, 0.29) is 5.41 Å². The standard InChI is InChI=1S/C23H29NO2/c1-4-6-19-8-5-7-17(2)23(19,3)20-10-12-21(13-11-20)26-22-14-9-18(16-25)15-24-22/h9-17,19H,4-8H2,1-3H3. The summed E-state index contributed by atoms with van der Waals surface area (Å²) in [6, 6.07) is 12.0. The molecule has 26 heavy (non-hydrogen) atoms. The SMILES string of the molecule is CCCC1CCCC(C)C1(C)c1ccc(Oc2ccc(C=O)cn2)cc1. The van der Waals surface area contributed by atoms with Crippen molar-refractivity contribution in [3.8, 4) is 11.6 Å². The van der Waals surface area contributed by atoms with Gasteiger partial charge in [-0.15, -0.1) is 0 Å². The molecule has 0 saturated heterocycles. The van der Waals surface area contributed by atoms with E-state index in [0.29, 0.717) is 17.4 Å². The van der Waals surface area contributed by atoms with E-state index >= 15 is 0 Å². The number of aldehydes is 1. The number of hydrogen-bond donors (Lipinski definition) is 0. The Morgan fingerprint density at radius 1 is 1.19 bits per heavy atom. The van der Waals surface area contributed by atoms with Crippen LogP contribution in [0.2, 0.25) is 0 Å². The smallest absolute Gasteiger partial charge is 0.219 e. The average molecular weight is 351 g/mol. The van der Waals surface area contributed by atoms with Gasteiger partial charge in [0, 0.05) is 17.8 Å². The summed E-state index contributed by atoms with van der Waals surface area (Å²) in [5.41, 5.74) is 2.20. The number of nitrogens with zero attached hydrogens (tertiary/aromatic N) is 1. The van der Waals surface area contributed by atoms with Crippen molar-refractivity contribution in [2.45, 2.75) is 58.3 Å². The molecular formula is C23H29NO2. The van der Waals surface area contributed by atoms with Gasteiger partial charge in [-0.3, -0.25) is 4.79 Å². The first kappa shape index (κ1) is 18.6. The van der Waals surface area contributed by atoms with Gasteiger partial charge in [-0.05, 0) is 60.3 Å². The van der Waals surface area contributed by atoms with Gasteiger partial charge >= 0.3 is 0 Å². The minimum atomic E-state index is 0.233. The van der Waals surface area contributed by atoms with Crippen molar-refractivity contribution in [2.24, 2.45) is 11.8 Å². The molecule has 1 aliphatic rings. The highest BCUT2D eigenvalue weighted by atomic mass is 16.5. The second kappa shape index (κ2) is 8.03. The van der Waals surface area contributed by atoms with Crippen LogP contribution in [0.1, 0.15) is 68.8 Å². The normalized spacial score (nSPS) is 25.7. The maximum absolute atomic E-state index is 10.7. The Kier molecular flexibility index (Phi) is 5.75. The molecular weight excluding hydrogens is 322 g/mol. The van der Waals surface area contributed by atoms with Crippen molar-refractivity contribution in [3.63, 3.8) is 0 Å². The molecule has 2 aromatic rings. The number of hydrogen-bond acceptors (Lipinski definition) is 3. The number of carbonyl (C=O) groups excluding carboxylic acids is 1. The molecule has 0 spiro atoms. The Balaban J connectivity index is 1.79. The van der Waals surface area contributed by atoms with Crippen molar-refractivity contribution in [3.05, 3.63) is 53.7 Å². The molecule has 3 heteroatoms. The fraction of sp³-hybridized carbons (Fsp3) is 0.478. The Hall–Kier alpha value is -2.16. The van der Waals surface area contributed by atoms with Gasteiger partial charge in [-0.2, -0.15) is 0 Å². The van der Waals surface area contributed by atoms with Crippen LogP contribution in [0.3, 0.4) is 0 Å². The zero-order valence-electron chi connectivity index (χ0n) is 16.1. The fourth-order valence-electron chi connectivity index (χ4n) is 4.51. The Labute approximate surface area is 156 Å². The van der Waals surface area contributed by atoms with E-state index in [0.717, 1.165) is 18.0 Å². The molecule has 0 aliphatic heterocycles. The zero-order chi connectivity index (χ0) is 18.6. The lowest BCUT2D eigenvalue weighted by molar-refractivity contribution is 0.112. The van der Waals surface area contributed by atoms with Crippen molar-refractivity contribution < 1.29 is 9.53 Å². The van der Waals surface area contributed by atoms with E-state index in [2.05, 4.69) is 37.9 Å². The third kappa shape index (κ3) is 3.67. The molecule has 0 bridgehead atoms. The molecule has 3 unspecified atom stereocenters. The van der Waals surface area contributed by atoms with Crippen LogP contribution >= 0.6 is 0 Å². The summed E-state index contributed by atoms with van der Waals surface area (Å²) in [5, 5.41) is 0. The first-order valence-corrected chi connectivity index (χ1v) is 9.77. The topological polar surface area (TPSA) is 39.2 Å². The molecule has 138 valence electrons. The monoisotopic (exact) mass is 351 g/mol. The van der Waals surface area contributed by atoms with Crippen LogP contribution in [0.25, 0.3) is 0 Å². The van der Waals surface area contributed by atoms with Crippen LogP contribution in [0.5, 0.6) is 11.6 Å². The molecule has 1 fully saturated rings. The van der Waals surface area contributed by atoms with Gasteiger partial charge in [0.1, 0.15) is 5.75 Å². The first-order valence-electron chi connectivity index (χ1n) is 9.77. The largest absolute Gasteiger partial charge is 0.439 e. The molecule has 0 N–H and O–H groups in total. The van der Waals surface area contributed by atoms with E-state index in [1.54, 1.807) is 12.1 Å². The van der Waals surface area contributed by atoms with Crippen LogP contribution in [-0.4, -0.2) is 11.3 Å². The number of pyridine rings is 1. The third-order valence-corrected chi connectivity index (χ3v) is 6.29. The fourth-order valence-corrected chi connectivity index (χ4v) is 4.51. The number of ether oxygens (including phenoxy) is 1. The van der Waals surface area contributed by atoms with Crippen LogP contribution in [0, 0.1) is 11.8 Å². The Bertz CT molecular complexity index is 721. The maximum Gasteiger partial charge on any atom is 0.219 e. The van der Waals surface area contributed by atoms with E-state index < -0.39 is 0 Å². The van der Waals surface area contributed by atoms with Crippen LogP contribution in [0.15, 0.2) is 42.6 Å². The molecule has 1 aromatic carbocycles.